The van der Waals surface area contributed by atoms with Crippen LogP contribution in [0.5, 0.6) is 0 Å². The molecule has 2 aromatic carbocycles. The van der Waals surface area contributed by atoms with Crippen LogP contribution >= 0.6 is 0 Å². The summed E-state index contributed by atoms with van der Waals surface area (Å²) in [7, 11) is 1.35. The Morgan fingerprint density at radius 1 is 1.23 bits per heavy atom. The first-order valence-corrected chi connectivity index (χ1v) is 7.60. The molecule has 0 fully saturated rings. The molecule has 0 aliphatic rings. The molecule has 0 radical (unpaired) electrons. The maximum atomic E-state index is 11.9. The van der Waals surface area contributed by atoms with E-state index < -0.39 is 12.0 Å². The van der Waals surface area contributed by atoms with Crippen molar-refractivity contribution in [2.45, 2.75) is 25.9 Å². The highest BCUT2D eigenvalue weighted by Gasteiger charge is 2.25. The Balaban J connectivity index is 2.31. The second-order valence-corrected chi connectivity index (χ2v) is 5.33. The molecule has 0 aliphatic carbocycles. The number of nitrogens with zero attached hydrogens (tertiary/aromatic N) is 1. The standard InChI is InChI=1S/C18H23NO3/c1-3-11-19(17(13-20)18(21)22-2)12-15-9-6-8-14-7-4-5-10-16(14)15/h4-10,17,20H,3,11-13H2,1-2H3. The molecule has 118 valence electrons. The first-order chi connectivity index (χ1) is 10.7. The van der Waals surface area contributed by atoms with E-state index >= 15 is 0 Å². The van der Waals surface area contributed by atoms with Gasteiger partial charge in [0.05, 0.1) is 13.7 Å². The van der Waals surface area contributed by atoms with Crippen molar-refractivity contribution in [3.05, 3.63) is 48.0 Å². The average molecular weight is 301 g/mol. The highest BCUT2D eigenvalue weighted by atomic mass is 16.5. The summed E-state index contributed by atoms with van der Waals surface area (Å²) in [5, 5.41) is 11.9. The molecule has 22 heavy (non-hydrogen) atoms. The van der Waals surface area contributed by atoms with E-state index in [-0.39, 0.29) is 6.61 Å². The quantitative estimate of drug-likeness (QED) is 0.799. The minimum atomic E-state index is -0.621. The number of esters is 1. The summed E-state index contributed by atoms with van der Waals surface area (Å²) in [5.74, 6) is -0.392. The van der Waals surface area contributed by atoms with Gasteiger partial charge in [0.1, 0.15) is 6.04 Å². The van der Waals surface area contributed by atoms with Crippen LogP contribution < -0.4 is 0 Å². The summed E-state index contributed by atoms with van der Waals surface area (Å²) in [4.78, 5) is 13.9. The van der Waals surface area contributed by atoms with Gasteiger partial charge in [-0.05, 0) is 29.3 Å². The van der Waals surface area contributed by atoms with Gasteiger partial charge in [-0.2, -0.15) is 0 Å². The van der Waals surface area contributed by atoms with Crippen molar-refractivity contribution in [1.82, 2.24) is 4.90 Å². The third kappa shape index (κ3) is 3.64. The van der Waals surface area contributed by atoms with E-state index in [2.05, 4.69) is 31.2 Å². The zero-order valence-corrected chi connectivity index (χ0v) is 13.2. The number of benzene rings is 2. The second-order valence-electron chi connectivity index (χ2n) is 5.33. The van der Waals surface area contributed by atoms with Crippen molar-refractivity contribution in [3.8, 4) is 0 Å². The number of methoxy groups -OCH3 is 1. The third-order valence-corrected chi connectivity index (χ3v) is 3.85. The fourth-order valence-electron chi connectivity index (χ4n) is 2.76. The lowest BCUT2D eigenvalue weighted by Gasteiger charge is -2.28. The van der Waals surface area contributed by atoms with Gasteiger partial charge in [0.15, 0.2) is 0 Å². The van der Waals surface area contributed by atoms with E-state index in [0.717, 1.165) is 18.5 Å². The molecular formula is C18H23NO3. The Morgan fingerprint density at radius 3 is 2.64 bits per heavy atom. The van der Waals surface area contributed by atoms with E-state index in [1.807, 2.05) is 23.1 Å². The van der Waals surface area contributed by atoms with Crippen molar-refractivity contribution in [3.63, 3.8) is 0 Å². The van der Waals surface area contributed by atoms with E-state index in [9.17, 15) is 9.90 Å². The number of hydrogen-bond donors (Lipinski definition) is 1. The van der Waals surface area contributed by atoms with E-state index in [1.54, 1.807) is 0 Å². The summed E-state index contributed by atoms with van der Waals surface area (Å²) in [5.41, 5.74) is 1.15. The number of carbonyl (C=O) groups is 1. The Bertz CT molecular complexity index is 621. The van der Waals surface area contributed by atoms with Gasteiger partial charge in [0, 0.05) is 6.54 Å². The van der Waals surface area contributed by atoms with Gasteiger partial charge >= 0.3 is 5.97 Å². The smallest absolute Gasteiger partial charge is 0.325 e. The Hall–Kier alpha value is -1.91. The number of ether oxygens (including phenoxy) is 1. The number of rotatable bonds is 7. The van der Waals surface area contributed by atoms with Crippen molar-refractivity contribution in [1.29, 1.82) is 0 Å². The highest BCUT2D eigenvalue weighted by Crippen LogP contribution is 2.21. The zero-order chi connectivity index (χ0) is 15.9. The Morgan fingerprint density at radius 2 is 1.95 bits per heavy atom. The maximum absolute atomic E-state index is 11.9. The fraction of sp³-hybridized carbons (Fsp3) is 0.389. The molecular weight excluding hydrogens is 278 g/mol. The van der Waals surface area contributed by atoms with Crippen molar-refractivity contribution in [2.24, 2.45) is 0 Å². The summed E-state index contributed by atoms with van der Waals surface area (Å²) in [6.45, 7) is 3.15. The SMILES string of the molecule is CCCN(Cc1cccc2ccccc12)C(CO)C(=O)OC. The van der Waals surface area contributed by atoms with Crippen LogP contribution in [0.4, 0.5) is 0 Å². The lowest BCUT2D eigenvalue weighted by Crippen LogP contribution is -2.44. The fourth-order valence-corrected chi connectivity index (χ4v) is 2.76. The monoisotopic (exact) mass is 301 g/mol. The number of fused-ring (bicyclic) bond motifs is 1. The highest BCUT2D eigenvalue weighted by molar-refractivity contribution is 5.85. The molecule has 0 saturated heterocycles. The average Bonchev–Trinajstić information content (AvgIpc) is 2.55. The van der Waals surface area contributed by atoms with Gasteiger partial charge in [0.25, 0.3) is 0 Å². The molecule has 0 aromatic heterocycles. The number of carbonyl (C=O) groups excluding carboxylic acids is 1. The van der Waals surface area contributed by atoms with E-state index in [4.69, 9.17) is 4.74 Å². The number of aliphatic hydroxyl groups excluding tert-OH is 1. The van der Waals surface area contributed by atoms with Crippen molar-refractivity contribution in [2.75, 3.05) is 20.3 Å². The zero-order valence-electron chi connectivity index (χ0n) is 13.2. The Labute approximate surface area is 131 Å². The van der Waals surface area contributed by atoms with Crippen LogP contribution in [0.2, 0.25) is 0 Å². The molecule has 0 heterocycles. The largest absolute Gasteiger partial charge is 0.468 e. The summed E-state index contributed by atoms with van der Waals surface area (Å²) >= 11 is 0. The van der Waals surface area contributed by atoms with Crippen LogP contribution in [0.1, 0.15) is 18.9 Å². The van der Waals surface area contributed by atoms with Crippen LogP contribution in [0.25, 0.3) is 10.8 Å². The molecule has 2 aromatic rings. The predicted molar refractivity (Wildman–Crippen MR) is 87.5 cm³/mol. The summed E-state index contributed by atoms with van der Waals surface area (Å²) in [6, 6.07) is 13.7. The molecule has 0 aliphatic heterocycles. The topological polar surface area (TPSA) is 49.8 Å². The van der Waals surface area contributed by atoms with E-state index in [0.29, 0.717) is 6.54 Å². The van der Waals surface area contributed by atoms with Gasteiger partial charge in [-0.15, -0.1) is 0 Å². The summed E-state index contributed by atoms with van der Waals surface area (Å²) in [6.07, 6.45) is 0.901. The predicted octanol–water partition coefficient (Wildman–Crippen LogP) is 2.59. The number of aliphatic hydroxyl groups is 1. The molecule has 0 amide bonds. The third-order valence-electron chi connectivity index (χ3n) is 3.85. The molecule has 1 unspecified atom stereocenters. The van der Waals surface area contributed by atoms with Crippen LogP contribution in [-0.4, -0.2) is 42.3 Å². The van der Waals surface area contributed by atoms with Gasteiger partial charge in [-0.1, -0.05) is 49.4 Å². The first kappa shape index (κ1) is 16.5. The lowest BCUT2D eigenvalue weighted by molar-refractivity contribution is -0.148. The van der Waals surface area contributed by atoms with Crippen molar-refractivity contribution >= 4 is 16.7 Å². The minimum Gasteiger partial charge on any atom is -0.468 e. The van der Waals surface area contributed by atoms with Crippen molar-refractivity contribution < 1.29 is 14.6 Å². The molecule has 2 rings (SSSR count). The molecule has 4 nitrogen and oxygen atoms in total. The maximum Gasteiger partial charge on any atom is 0.325 e. The molecule has 4 heteroatoms. The number of hydrogen-bond acceptors (Lipinski definition) is 4. The lowest BCUT2D eigenvalue weighted by atomic mass is 10.0. The van der Waals surface area contributed by atoms with Crippen LogP contribution in [0.15, 0.2) is 42.5 Å². The normalized spacial score (nSPS) is 12.5. The van der Waals surface area contributed by atoms with E-state index in [1.165, 1.54) is 17.9 Å². The first-order valence-electron chi connectivity index (χ1n) is 7.60. The molecule has 0 saturated carbocycles. The minimum absolute atomic E-state index is 0.239. The van der Waals surface area contributed by atoms with Gasteiger partial charge in [-0.25, -0.2) is 0 Å². The molecule has 1 atom stereocenters. The second kappa shape index (κ2) is 7.92. The van der Waals surface area contributed by atoms with Gasteiger partial charge in [0.2, 0.25) is 0 Å². The van der Waals surface area contributed by atoms with Crippen LogP contribution in [0.3, 0.4) is 0 Å². The van der Waals surface area contributed by atoms with Gasteiger partial charge < -0.3 is 9.84 Å². The summed E-state index contributed by atoms with van der Waals surface area (Å²) < 4.78 is 4.82. The molecule has 0 bridgehead atoms. The van der Waals surface area contributed by atoms with Gasteiger partial charge in [-0.3, -0.25) is 9.69 Å². The molecule has 0 spiro atoms. The molecule has 1 N–H and O–H groups in total. The van der Waals surface area contributed by atoms with Crippen LogP contribution in [0, 0.1) is 0 Å². The Kier molecular flexibility index (Phi) is 5.92. The van der Waals surface area contributed by atoms with Crippen LogP contribution in [-0.2, 0) is 16.1 Å².